The van der Waals surface area contributed by atoms with E-state index < -0.39 is 0 Å². The normalized spacial score (nSPS) is 14.9. The summed E-state index contributed by atoms with van der Waals surface area (Å²) in [5.74, 6) is 0.180. The summed E-state index contributed by atoms with van der Waals surface area (Å²) in [5.41, 5.74) is 2.34. The summed E-state index contributed by atoms with van der Waals surface area (Å²) in [6.07, 6.45) is 2.11. The molecule has 0 unspecified atom stereocenters. The molecule has 29 heavy (non-hydrogen) atoms. The summed E-state index contributed by atoms with van der Waals surface area (Å²) in [5, 5.41) is 8.88. The Morgan fingerprint density at radius 3 is 2.45 bits per heavy atom. The molecule has 4 rings (SSSR count). The van der Waals surface area contributed by atoms with Crippen molar-refractivity contribution in [1.82, 2.24) is 19.7 Å². The second kappa shape index (κ2) is 8.37. The highest BCUT2D eigenvalue weighted by Crippen LogP contribution is 2.32. The molecule has 0 saturated carbocycles. The molecular weight excluding hydrogens is 387 g/mol. The minimum absolute atomic E-state index is 0.110. The van der Waals surface area contributed by atoms with Crippen LogP contribution in [0.2, 0.25) is 0 Å². The lowest BCUT2D eigenvalue weighted by Crippen LogP contribution is -2.34. The van der Waals surface area contributed by atoms with E-state index >= 15 is 0 Å². The molecule has 150 valence electrons. The summed E-state index contributed by atoms with van der Waals surface area (Å²) < 4.78 is 16.3. The van der Waals surface area contributed by atoms with Crippen LogP contribution in [0.4, 0.5) is 4.39 Å². The summed E-state index contributed by atoms with van der Waals surface area (Å²) in [6.45, 7) is 5.53. The van der Waals surface area contributed by atoms with Crippen LogP contribution in [-0.2, 0) is 4.79 Å². The lowest BCUT2D eigenvalue weighted by atomic mass is 10.2. The molecular formula is C22H23FN4OS. The summed E-state index contributed by atoms with van der Waals surface area (Å²) in [4.78, 5) is 14.7. The Morgan fingerprint density at radius 2 is 1.76 bits per heavy atom. The number of aryl methyl sites for hydroxylation is 1. The molecule has 0 aliphatic carbocycles. The number of benzene rings is 2. The van der Waals surface area contributed by atoms with Crippen molar-refractivity contribution in [1.29, 1.82) is 0 Å². The van der Waals surface area contributed by atoms with E-state index in [-0.39, 0.29) is 17.0 Å². The fourth-order valence-electron chi connectivity index (χ4n) is 3.49. The maximum Gasteiger partial charge on any atom is 0.235 e. The molecule has 1 aliphatic rings. The fourth-order valence-corrected chi connectivity index (χ4v) is 4.44. The average Bonchev–Trinajstić information content (AvgIpc) is 3.39. The fraction of sp³-hybridized carbons (Fsp3) is 0.318. The zero-order chi connectivity index (χ0) is 20.4. The van der Waals surface area contributed by atoms with E-state index in [1.807, 2.05) is 47.6 Å². The van der Waals surface area contributed by atoms with Gasteiger partial charge in [-0.25, -0.2) is 4.39 Å². The number of hydrogen-bond donors (Lipinski definition) is 0. The van der Waals surface area contributed by atoms with Crippen molar-refractivity contribution in [3.63, 3.8) is 0 Å². The smallest absolute Gasteiger partial charge is 0.235 e. The van der Waals surface area contributed by atoms with Crippen molar-refractivity contribution < 1.29 is 9.18 Å². The predicted octanol–water partition coefficient (Wildman–Crippen LogP) is 4.48. The van der Waals surface area contributed by atoms with Crippen LogP contribution in [0.3, 0.4) is 0 Å². The van der Waals surface area contributed by atoms with Gasteiger partial charge >= 0.3 is 0 Å². The Kier molecular flexibility index (Phi) is 5.67. The number of likely N-dealkylation sites (tertiary alicyclic amines) is 1. The van der Waals surface area contributed by atoms with Crippen LogP contribution in [0.5, 0.6) is 0 Å². The first kappa shape index (κ1) is 19.6. The molecule has 0 spiro atoms. The van der Waals surface area contributed by atoms with Gasteiger partial charge in [-0.05, 0) is 51.0 Å². The van der Waals surface area contributed by atoms with Crippen molar-refractivity contribution >= 4 is 17.7 Å². The maximum atomic E-state index is 14.5. The molecule has 1 saturated heterocycles. The maximum absolute atomic E-state index is 14.5. The third-order valence-electron chi connectivity index (χ3n) is 5.09. The lowest BCUT2D eigenvalue weighted by molar-refractivity contribution is -0.129. The van der Waals surface area contributed by atoms with Gasteiger partial charge in [0.25, 0.3) is 0 Å². The van der Waals surface area contributed by atoms with Gasteiger partial charge < -0.3 is 4.90 Å². The van der Waals surface area contributed by atoms with Gasteiger partial charge in [-0.15, -0.1) is 10.2 Å². The van der Waals surface area contributed by atoms with E-state index in [4.69, 9.17) is 0 Å². The molecule has 3 aromatic rings. The molecule has 1 fully saturated rings. The number of hydrogen-bond acceptors (Lipinski definition) is 4. The largest absolute Gasteiger partial charge is 0.342 e. The van der Waals surface area contributed by atoms with Crippen LogP contribution in [0.25, 0.3) is 17.1 Å². The van der Waals surface area contributed by atoms with E-state index in [1.165, 1.54) is 17.8 Å². The van der Waals surface area contributed by atoms with Crippen LogP contribution >= 0.6 is 11.8 Å². The lowest BCUT2D eigenvalue weighted by Gasteiger charge is -2.20. The van der Waals surface area contributed by atoms with Crippen LogP contribution in [0.1, 0.15) is 25.3 Å². The minimum Gasteiger partial charge on any atom is -0.342 e. The van der Waals surface area contributed by atoms with Gasteiger partial charge in [-0.3, -0.25) is 9.36 Å². The van der Waals surface area contributed by atoms with Crippen molar-refractivity contribution in [2.24, 2.45) is 0 Å². The van der Waals surface area contributed by atoms with E-state index in [1.54, 1.807) is 18.2 Å². The molecule has 0 bridgehead atoms. The van der Waals surface area contributed by atoms with Gasteiger partial charge in [-0.1, -0.05) is 41.6 Å². The molecule has 2 aromatic carbocycles. The third-order valence-corrected chi connectivity index (χ3v) is 6.12. The van der Waals surface area contributed by atoms with Gasteiger partial charge in [0.1, 0.15) is 5.82 Å². The molecule has 0 N–H and O–H groups in total. The number of carbonyl (C=O) groups excluding carboxylic acids is 1. The number of halogens is 1. The van der Waals surface area contributed by atoms with E-state index in [9.17, 15) is 9.18 Å². The van der Waals surface area contributed by atoms with E-state index in [0.717, 1.165) is 37.2 Å². The van der Waals surface area contributed by atoms with Crippen LogP contribution in [0, 0.1) is 12.7 Å². The van der Waals surface area contributed by atoms with Crippen molar-refractivity contribution in [2.45, 2.75) is 37.1 Å². The topological polar surface area (TPSA) is 51.0 Å². The number of carbonyl (C=O) groups is 1. The van der Waals surface area contributed by atoms with Gasteiger partial charge in [0, 0.05) is 18.8 Å². The molecule has 1 aromatic heterocycles. The first-order chi connectivity index (χ1) is 14.0. The first-order valence-corrected chi connectivity index (χ1v) is 10.7. The first-order valence-electron chi connectivity index (χ1n) is 9.77. The Balaban J connectivity index is 1.73. The Bertz CT molecular complexity index is 1010. The van der Waals surface area contributed by atoms with Crippen molar-refractivity contribution in [2.75, 3.05) is 13.1 Å². The third kappa shape index (κ3) is 4.05. The standard InChI is InChI=1S/C22H23FN4OS/c1-15-9-11-17(12-10-15)27-20(18-7-3-4-8-19(18)23)24-25-22(27)29-16(2)21(28)26-13-5-6-14-26/h3-4,7-12,16H,5-6,13-14H2,1-2H3/t16-/m0/s1. The summed E-state index contributed by atoms with van der Waals surface area (Å²) >= 11 is 1.36. The zero-order valence-electron chi connectivity index (χ0n) is 16.5. The van der Waals surface area contributed by atoms with Gasteiger partial charge in [0.2, 0.25) is 5.91 Å². The Morgan fingerprint density at radius 1 is 1.07 bits per heavy atom. The zero-order valence-corrected chi connectivity index (χ0v) is 17.3. The van der Waals surface area contributed by atoms with Gasteiger partial charge in [0.15, 0.2) is 11.0 Å². The van der Waals surface area contributed by atoms with Gasteiger partial charge in [0.05, 0.1) is 10.8 Å². The monoisotopic (exact) mass is 410 g/mol. The van der Waals surface area contributed by atoms with Crippen LogP contribution in [-0.4, -0.2) is 43.9 Å². The number of rotatable bonds is 5. The van der Waals surface area contributed by atoms with Crippen LogP contribution in [0.15, 0.2) is 53.7 Å². The molecule has 5 nitrogen and oxygen atoms in total. The second-order valence-electron chi connectivity index (χ2n) is 7.25. The summed E-state index contributed by atoms with van der Waals surface area (Å²) in [7, 11) is 0. The second-order valence-corrected chi connectivity index (χ2v) is 8.56. The average molecular weight is 411 g/mol. The van der Waals surface area contributed by atoms with Crippen molar-refractivity contribution in [3.8, 4) is 17.1 Å². The van der Waals surface area contributed by atoms with E-state index in [2.05, 4.69) is 10.2 Å². The summed E-state index contributed by atoms with van der Waals surface area (Å²) in [6, 6.07) is 14.4. The highest BCUT2D eigenvalue weighted by molar-refractivity contribution is 8.00. The van der Waals surface area contributed by atoms with E-state index in [0.29, 0.717) is 16.5 Å². The number of thioether (sulfide) groups is 1. The molecule has 2 heterocycles. The number of amides is 1. The van der Waals surface area contributed by atoms with Crippen LogP contribution < -0.4 is 0 Å². The Labute approximate surface area is 173 Å². The Hall–Kier alpha value is -2.67. The molecule has 7 heteroatoms. The predicted molar refractivity (Wildman–Crippen MR) is 113 cm³/mol. The highest BCUT2D eigenvalue weighted by atomic mass is 32.2. The quantitative estimate of drug-likeness (QED) is 0.582. The highest BCUT2D eigenvalue weighted by Gasteiger charge is 2.27. The number of aromatic nitrogens is 3. The number of nitrogens with zero attached hydrogens (tertiary/aromatic N) is 4. The molecule has 0 radical (unpaired) electrons. The molecule has 1 atom stereocenters. The SMILES string of the molecule is Cc1ccc(-n2c(S[C@@H](C)C(=O)N3CCCC3)nnc2-c2ccccc2F)cc1. The van der Waals surface area contributed by atoms with Gasteiger partial charge in [-0.2, -0.15) is 0 Å². The molecule has 1 amide bonds. The van der Waals surface area contributed by atoms with Crippen molar-refractivity contribution in [3.05, 3.63) is 59.9 Å². The minimum atomic E-state index is -0.356. The molecule has 1 aliphatic heterocycles.